The molecule has 1 aliphatic heterocycles. The molecule has 1 amide bonds. The van der Waals surface area contributed by atoms with Crippen molar-refractivity contribution in [2.24, 2.45) is 0 Å². The average Bonchev–Trinajstić information content (AvgIpc) is 2.38. The van der Waals surface area contributed by atoms with Crippen LogP contribution in [0.2, 0.25) is 0 Å². The zero-order valence-corrected chi connectivity index (χ0v) is 10.5. The Bertz CT molecular complexity index is 507. The van der Waals surface area contributed by atoms with Gasteiger partial charge in [-0.05, 0) is 12.1 Å². The minimum Gasteiger partial charge on any atom is -0.380 e. The predicted octanol–water partition coefficient (Wildman–Crippen LogP) is 2.36. The Morgan fingerprint density at radius 2 is 1.75 bits per heavy atom. The maximum Gasteiger partial charge on any atom is 0.417 e. The lowest BCUT2D eigenvalue weighted by molar-refractivity contribution is -0.271. The van der Waals surface area contributed by atoms with Gasteiger partial charge in [0.1, 0.15) is 5.82 Å². The summed E-state index contributed by atoms with van der Waals surface area (Å²) in [4.78, 5) is 13.1. The topological polar surface area (TPSA) is 40.5 Å². The molecule has 0 saturated carbocycles. The van der Waals surface area contributed by atoms with Crippen molar-refractivity contribution < 1.29 is 27.5 Å². The van der Waals surface area contributed by atoms with Crippen molar-refractivity contribution >= 4 is 5.91 Å². The van der Waals surface area contributed by atoms with Gasteiger partial charge in [-0.3, -0.25) is 4.79 Å². The summed E-state index contributed by atoms with van der Waals surface area (Å²) >= 11 is 0. The van der Waals surface area contributed by atoms with Crippen LogP contribution in [0.4, 0.5) is 17.6 Å². The second kappa shape index (κ2) is 5.05. The van der Waals surface area contributed by atoms with E-state index in [4.69, 9.17) is 0 Å². The van der Waals surface area contributed by atoms with Crippen LogP contribution < -0.4 is 0 Å². The summed E-state index contributed by atoms with van der Waals surface area (Å²) in [5, 5.41) is 9.50. The standard InChI is InChI=1S/C13H13F4NO2/c14-10-4-2-1-3-9(10)11(19)18-7-5-12(20,6-8-18)13(15,16)17/h1-4,20H,5-8H2. The lowest BCUT2D eigenvalue weighted by atomic mass is 9.90. The molecule has 1 saturated heterocycles. The van der Waals surface area contributed by atoms with Crippen molar-refractivity contribution in [3.05, 3.63) is 35.6 Å². The fourth-order valence-electron chi connectivity index (χ4n) is 2.17. The number of amides is 1. The van der Waals surface area contributed by atoms with Gasteiger partial charge >= 0.3 is 6.18 Å². The van der Waals surface area contributed by atoms with E-state index in [2.05, 4.69) is 0 Å². The van der Waals surface area contributed by atoms with Gasteiger partial charge in [0.2, 0.25) is 0 Å². The Hall–Kier alpha value is -1.63. The van der Waals surface area contributed by atoms with Crippen molar-refractivity contribution in [3.63, 3.8) is 0 Å². The summed E-state index contributed by atoms with van der Waals surface area (Å²) in [5.74, 6) is -1.37. The molecule has 1 heterocycles. The molecular weight excluding hydrogens is 278 g/mol. The Balaban J connectivity index is 2.08. The SMILES string of the molecule is O=C(c1ccccc1F)N1CCC(O)(C(F)(F)F)CC1. The summed E-state index contributed by atoms with van der Waals surface area (Å²) in [6.45, 7) is -0.521. The molecule has 1 aliphatic rings. The van der Waals surface area contributed by atoms with Gasteiger partial charge in [-0.15, -0.1) is 0 Å². The van der Waals surface area contributed by atoms with Crippen molar-refractivity contribution in [1.82, 2.24) is 4.90 Å². The molecule has 1 aromatic rings. The molecule has 1 aromatic carbocycles. The summed E-state index contributed by atoms with van der Waals surface area (Å²) < 4.78 is 51.3. The molecule has 0 bridgehead atoms. The molecule has 0 spiro atoms. The van der Waals surface area contributed by atoms with Crippen LogP contribution in [0.5, 0.6) is 0 Å². The number of likely N-dealkylation sites (tertiary alicyclic amines) is 1. The fraction of sp³-hybridized carbons (Fsp3) is 0.462. The zero-order chi connectivity index (χ0) is 15.0. The monoisotopic (exact) mass is 291 g/mol. The molecule has 7 heteroatoms. The van der Waals surface area contributed by atoms with Crippen molar-refractivity contribution in [1.29, 1.82) is 0 Å². The molecule has 20 heavy (non-hydrogen) atoms. The highest BCUT2D eigenvalue weighted by molar-refractivity contribution is 5.94. The molecule has 1 fully saturated rings. The number of hydrogen-bond acceptors (Lipinski definition) is 2. The van der Waals surface area contributed by atoms with Crippen molar-refractivity contribution in [3.8, 4) is 0 Å². The number of nitrogens with zero attached hydrogens (tertiary/aromatic N) is 1. The maximum absolute atomic E-state index is 13.5. The van der Waals surface area contributed by atoms with E-state index in [9.17, 15) is 27.5 Å². The van der Waals surface area contributed by atoms with Gasteiger partial charge in [0.25, 0.3) is 5.91 Å². The average molecular weight is 291 g/mol. The van der Waals surface area contributed by atoms with E-state index in [0.29, 0.717) is 0 Å². The first kappa shape index (κ1) is 14.8. The largest absolute Gasteiger partial charge is 0.417 e. The van der Waals surface area contributed by atoms with E-state index in [-0.39, 0.29) is 18.7 Å². The Morgan fingerprint density at radius 3 is 2.25 bits per heavy atom. The third kappa shape index (κ3) is 2.63. The smallest absolute Gasteiger partial charge is 0.380 e. The number of carbonyl (C=O) groups is 1. The molecule has 0 aliphatic carbocycles. The van der Waals surface area contributed by atoms with E-state index in [0.717, 1.165) is 11.0 Å². The number of piperidine rings is 1. The van der Waals surface area contributed by atoms with Gasteiger partial charge in [0.05, 0.1) is 5.56 Å². The summed E-state index contributed by atoms with van der Waals surface area (Å²) in [6.07, 6.45) is -5.92. The first-order valence-electron chi connectivity index (χ1n) is 6.07. The van der Waals surface area contributed by atoms with Crippen LogP contribution >= 0.6 is 0 Å². The first-order chi connectivity index (χ1) is 9.24. The van der Waals surface area contributed by atoms with Gasteiger partial charge in [0.15, 0.2) is 5.60 Å². The second-order valence-electron chi connectivity index (χ2n) is 4.80. The minimum absolute atomic E-state index is 0.176. The van der Waals surface area contributed by atoms with E-state index in [1.807, 2.05) is 0 Å². The third-order valence-corrected chi connectivity index (χ3v) is 3.51. The number of alkyl halides is 3. The maximum atomic E-state index is 13.5. The number of halogens is 4. The quantitative estimate of drug-likeness (QED) is 0.807. The first-order valence-corrected chi connectivity index (χ1v) is 6.07. The van der Waals surface area contributed by atoms with Crippen LogP contribution in [0.25, 0.3) is 0 Å². The molecule has 0 aromatic heterocycles. The van der Waals surface area contributed by atoms with Crippen LogP contribution in [-0.4, -0.2) is 40.8 Å². The highest BCUT2D eigenvalue weighted by Gasteiger charge is 2.54. The van der Waals surface area contributed by atoms with Crippen LogP contribution in [0.3, 0.4) is 0 Å². The van der Waals surface area contributed by atoms with Crippen molar-refractivity contribution in [2.75, 3.05) is 13.1 Å². The lowest BCUT2D eigenvalue weighted by Crippen LogP contribution is -2.54. The molecule has 3 nitrogen and oxygen atoms in total. The van der Waals surface area contributed by atoms with Crippen LogP contribution in [0.15, 0.2) is 24.3 Å². The summed E-state index contributed by atoms with van der Waals surface area (Å²) in [6, 6.07) is 5.29. The third-order valence-electron chi connectivity index (χ3n) is 3.51. The van der Waals surface area contributed by atoms with Gasteiger partial charge < -0.3 is 10.0 Å². The summed E-state index contributed by atoms with van der Waals surface area (Å²) in [7, 11) is 0. The zero-order valence-electron chi connectivity index (χ0n) is 10.5. The Morgan fingerprint density at radius 1 is 1.20 bits per heavy atom. The summed E-state index contributed by atoms with van der Waals surface area (Å²) in [5.41, 5.74) is -2.94. The molecular formula is C13H13F4NO2. The molecule has 110 valence electrons. The molecule has 0 radical (unpaired) electrons. The normalized spacial score (nSPS) is 18.9. The Kier molecular flexibility index (Phi) is 3.73. The number of carbonyl (C=O) groups excluding carboxylic acids is 1. The molecule has 2 rings (SSSR count). The second-order valence-corrected chi connectivity index (χ2v) is 4.80. The van der Waals surface area contributed by atoms with E-state index in [1.54, 1.807) is 0 Å². The van der Waals surface area contributed by atoms with Crippen LogP contribution in [0, 0.1) is 5.82 Å². The van der Waals surface area contributed by atoms with Gasteiger partial charge in [-0.1, -0.05) is 12.1 Å². The van der Waals surface area contributed by atoms with Crippen LogP contribution in [-0.2, 0) is 0 Å². The highest BCUT2D eigenvalue weighted by Crippen LogP contribution is 2.38. The van der Waals surface area contributed by atoms with Crippen molar-refractivity contribution in [2.45, 2.75) is 24.6 Å². The number of benzene rings is 1. The van der Waals surface area contributed by atoms with Crippen LogP contribution in [0.1, 0.15) is 23.2 Å². The predicted molar refractivity (Wildman–Crippen MR) is 62.5 cm³/mol. The minimum atomic E-state index is -4.72. The van der Waals surface area contributed by atoms with Gasteiger partial charge in [-0.25, -0.2) is 4.39 Å². The van der Waals surface area contributed by atoms with Gasteiger partial charge in [0, 0.05) is 25.9 Å². The highest BCUT2D eigenvalue weighted by atomic mass is 19.4. The number of rotatable bonds is 1. The number of hydrogen-bond donors (Lipinski definition) is 1. The van der Waals surface area contributed by atoms with E-state index >= 15 is 0 Å². The van der Waals surface area contributed by atoms with E-state index in [1.165, 1.54) is 18.2 Å². The number of aliphatic hydroxyl groups is 1. The molecule has 0 unspecified atom stereocenters. The molecule has 1 N–H and O–H groups in total. The Labute approximate surface area is 112 Å². The lowest BCUT2D eigenvalue weighted by Gasteiger charge is -2.39. The van der Waals surface area contributed by atoms with Gasteiger partial charge in [-0.2, -0.15) is 13.2 Å². The fourth-order valence-corrected chi connectivity index (χ4v) is 2.17. The molecule has 0 atom stereocenters. The van der Waals surface area contributed by atoms with E-state index < -0.39 is 36.3 Å².